The van der Waals surface area contributed by atoms with E-state index >= 15 is 0 Å². The minimum absolute atomic E-state index is 0.245. The van der Waals surface area contributed by atoms with Crippen LogP contribution in [0.15, 0.2) is 70.5 Å². The van der Waals surface area contributed by atoms with Gasteiger partial charge in [-0.2, -0.15) is 0 Å². The predicted molar refractivity (Wildman–Crippen MR) is 126 cm³/mol. The van der Waals surface area contributed by atoms with Crippen LogP contribution in [0, 0.1) is 0 Å². The van der Waals surface area contributed by atoms with Gasteiger partial charge >= 0.3 is 5.97 Å². The monoisotopic (exact) mass is 475 g/mol. The number of hydrogen-bond donors (Lipinski definition) is 0. The van der Waals surface area contributed by atoms with Crippen LogP contribution in [0.3, 0.4) is 0 Å². The van der Waals surface area contributed by atoms with Crippen LogP contribution in [-0.2, 0) is 17.8 Å². The van der Waals surface area contributed by atoms with E-state index in [4.69, 9.17) is 9.72 Å². The van der Waals surface area contributed by atoms with Crippen molar-refractivity contribution in [3.8, 4) is 0 Å². The summed E-state index contributed by atoms with van der Waals surface area (Å²) in [7, 11) is 0. The quantitative estimate of drug-likeness (QED) is 0.301. The molecule has 0 spiro atoms. The normalized spacial score (nSPS) is 14.2. The predicted octanol–water partition coefficient (Wildman–Crippen LogP) is 6.90. The van der Waals surface area contributed by atoms with Gasteiger partial charge in [0.1, 0.15) is 6.61 Å². The fourth-order valence-electron chi connectivity index (χ4n) is 3.86. The molecule has 1 aliphatic rings. The third-order valence-electron chi connectivity index (χ3n) is 5.29. The summed E-state index contributed by atoms with van der Waals surface area (Å²) in [5.74, 6) is -0.287. The van der Waals surface area contributed by atoms with Gasteiger partial charge in [-0.3, -0.25) is 0 Å². The number of pyridine rings is 1. The minimum Gasteiger partial charge on any atom is -0.457 e. The lowest BCUT2D eigenvalue weighted by molar-refractivity contribution is 0.0474. The molecule has 2 aromatic carbocycles. The molecule has 0 saturated heterocycles. The number of carbonyl (C=O) groups is 1. The van der Waals surface area contributed by atoms with Crippen LogP contribution >= 0.6 is 27.3 Å². The fraction of sp³-hybridized carbons (Fsp3) is 0.120. The Morgan fingerprint density at radius 1 is 1.07 bits per heavy atom. The van der Waals surface area contributed by atoms with E-state index in [1.807, 2.05) is 54.6 Å². The molecule has 5 heteroatoms. The first kappa shape index (κ1) is 19.2. The molecule has 0 amide bonds. The second-order valence-electron chi connectivity index (χ2n) is 7.22. The molecule has 0 aliphatic heterocycles. The van der Waals surface area contributed by atoms with Crippen LogP contribution in [0.5, 0.6) is 0 Å². The van der Waals surface area contributed by atoms with E-state index in [0.717, 1.165) is 45.0 Å². The topological polar surface area (TPSA) is 39.2 Å². The number of aromatic nitrogens is 1. The summed E-state index contributed by atoms with van der Waals surface area (Å²) in [4.78, 5) is 19.3. The third-order valence-corrected chi connectivity index (χ3v) is 6.64. The molecular weight excluding hydrogens is 458 g/mol. The maximum Gasteiger partial charge on any atom is 0.339 e. The number of rotatable bonds is 4. The summed E-state index contributed by atoms with van der Waals surface area (Å²) >= 11 is 5.14. The average molecular weight is 476 g/mol. The molecule has 0 radical (unpaired) electrons. The number of thiophene rings is 1. The van der Waals surface area contributed by atoms with Crippen LogP contribution in [0.2, 0.25) is 0 Å². The molecule has 4 aromatic rings. The van der Waals surface area contributed by atoms with E-state index in [1.165, 1.54) is 10.5 Å². The summed E-state index contributed by atoms with van der Waals surface area (Å²) in [5, 5.41) is 2.93. The highest BCUT2D eigenvalue weighted by Gasteiger charge is 2.27. The highest BCUT2D eigenvalue weighted by Crippen LogP contribution is 2.38. The third kappa shape index (κ3) is 3.71. The molecule has 3 nitrogen and oxygen atoms in total. The lowest BCUT2D eigenvalue weighted by Gasteiger charge is -2.12. The van der Waals surface area contributed by atoms with Crippen LogP contribution in [-0.4, -0.2) is 11.0 Å². The van der Waals surface area contributed by atoms with Crippen molar-refractivity contribution in [1.29, 1.82) is 0 Å². The number of ether oxygens (including phenoxy) is 1. The number of halogens is 1. The van der Waals surface area contributed by atoms with E-state index in [2.05, 4.69) is 33.5 Å². The molecule has 1 aliphatic carbocycles. The lowest BCUT2D eigenvalue weighted by Crippen LogP contribution is -2.10. The number of esters is 1. The molecule has 0 N–H and O–H groups in total. The largest absolute Gasteiger partial charge is 0.457 e. The molecule has 2 heterocycles. The summed E-state index contributed by atoms with van der Waals surface area (Å²) in [5.41, 5.74) is 5.54. The van der Waals surface area contributed by atoms with Gasteiger partial charge in [0.15, 0.2) is 0 Å². The smallest absolute Gasteiger partial charge is 0.339 e. The van der Waals surface area contributed by atoms with Crippen molar-refractivity contribution < 1.29 is 9.53 Å². The Morgan fingerprint density at radius 2 is 1.90 bits per heavy atom. The number of nitrogens with zero attached hydrogens (tertiary/aromatic N) is 1. The maximum absolute atomic E-state index is 13.2. The van der Waals surface area contributed by atoms with Crippen molar-refractivity contribution in [3.63, 3.8) is 0 Å². The molecular formula is C25H18BrNO2S. The van der Waals surface area contributed by atoms with E-state index in [9.17, 15) is 4.79 Å². The Hall–Kier alpha value is -2.76. The molecule has 0 atom stereocenters. The van der Waals surface area contributed by atoms with Gasteiger partial charge in [0.25, 0.3) is 0 Å². The van der Waals surface area contributed by atoms with Gasteiger partial charge in [-0.05, 0) is 65.3 Å². The van der Waals surface area contributed by atoms with Crippen molar-refractivity contribution in [1.82, 2.24) is 4.98 Å². The number of hydrogen-bond acceptors (Lipinski definition) is 4. The summed E-state index contributed by atoms with van der Waals surface area (Å²) in [6, 6.07) is 19.8. The second kappa shape index (κ2) is 8.17. The first-order valence-electron chi connectivity index (χ1n) is 9.77. The second-order valence-corrected chi connectivity index (χ2v) is 9.11. The highest BCUT2D eigenvalue weighted by molar-refractivity contribution is 9.10. The van der Waals surface area contributed by atoms with Gasteiger partial charge in [0.2, 0.25) is 0 Å². The number of para-hydroxylation sites is 1. The summed E-state index contributed by atoms with van der Waals surface area (Å²) < 4.78 is 6.73. The average Bonchev–Trinajstić information content (AvgIpc) is 3.42. The van der Waals surface area contributed by atoms with E-state index < -0.39 is 0 Å². The molecule has 0 unspecified atom stereocenters. The van der Waals surface area contributed by atoms with Crippen molar-refractivity contribution in [2.24, 2.45) is 0 Å². The Labute approximate surface area is 187 Å². The first-order chi connectivity index (χ1) is 14.7. The number of benzene rings is 2. The molecule has 148 valence electrons. The van der Waals surface area contributed by atoms with Crippen molar-refractivity contribution >= 4 is 55.8 Å². The molecule has 2 aromatic heterocycles. The first-order valence-corrected chi connectivity index (χ1v) is 11.4. The van der Waals surface area contributed by atoms with Gasteiger partial charge in [-0.1, -0.05) is 52.3 Å². The highest BCUT2D eigenvalue weighted by atomic mass is 79.9. The molecule has 30 heavy (non-hydrogen) atoms. The minimum atomic E-state index is -0.287. The Balaban J connectivity index is 1.54. The van der Waals surface area contributed by atoms with Crippen molar-refractivity contribution in [3.05, 3.63) is 97.8 Å². The van der Waals surface area contributed by atoms with Crippen LogP contribution < -0.4 is 0 Å². The van der Waals surface area contributed by atoms with Crippen LogP contribution in [0.25, 0.3) is 22.6 Å². The number of carbonyl (C=O) groups excluding carboxylic acids is 1. The zero-order valence-corrected chi connectivity index (χ0v) is 18.5. The summed E-state index contributed by atoms with van der Waals surface area (Å²) in [6.07, 6.45) is 3.87. The van der Waals surface area contributed by atoms with E-state index in [-0.39, 0.29) is 12.6 Å². The molecule has 0 bridgehead atoms. The van der Waals surface area contributed by atoms with Gasteiger partial charge in [0, 0.05) is 14.7 Å². The molecule has 0 saturated carbocycles. The lowest BCUT2D eigenvalue weighted by atomic mass is 10.0. The van der Waals surface area contributed by atoms with Crippen molar-refractivity contribution in [2.75, 3.05) is 0 Å². The van der Waals surface area contributed by atoms with Crippen LogP contribution in [0.1, 0.15) is 38.5 Å². The number of allylic oxidation sites excluding steroid dienone is 1. The fourth-order valence-corrected chi connectivity index (χ4v) is 4.81. The van der Waals surface area contributed by atoms with E-state index in [1.54, 1.807) is 11.3 Å². The van der Waals surface area contributed by atoms with Gasteiger partial charge in [-0.15, -0.1) is 11.3 Å². The van der Waals surface area contributed by atoms with Gasteiger partial charge in [0.05, 0.1) is 16.8 Å². The molecule has 5 rings (SSSR count). The SMILES string of the molecule is O=C(OCc1ccc(Br)cc1)c1c2c(nc3ccccc13)C(=Cc1cccs1)CC2. The zero-order chi connectivity index (χ0) is 20.5. The maximum atomic E-state index is 13.2. The Morgan fingerprint density at radius 3 is 2.70 bits per heavy atom. The van der Waals surface area contributed by atoms with Gasteiger partial charge in [-0.25, -0.2) is 9.78 Å². The van der Waals surface area contributed by atoms with E-state index in [0.29, 0.717) is 5.56 Å². The Kier molecular flexibility index (Phi) is 5.23. The molecule has 0 fully saturated rings. The summed E-state index contributed by atoms with van der Waals surface area (Å²) in [6.45, 7) is 0.245. The van der Waals surface area contributed by atoms with Crippen molar-refractivity contribution in [2.45, 2.75) is 19.4 Å². The standard InChI is InChI=1S/C25H18BrNO2S/c26-18-10-7-16(8-11-18)15-29-25(28)23-20-5-1-2-6-22(20)27-24-17(9-12-21(23)24)14-19-4-3-13-30-19/h1-8,10-11,13-14H,9,12,15H2. The number of fused-ring (bicyclic) bond motifs is 2. The Bertz CT molecular complexity index is 1260. The van der Waals surface area contributed by atoms with Crippen LogP contribution in [0.4, 0.5) is 0 Å². The zero-order valence-electron chi connectivity index (χ0n) is 16.1. The van der Waals surface area contributed by atoms with Gasteiger partial charge < -0.3 is 4.74 Å².